The molecule has 0 N–H and O–H groups in total. The summed E-state index contributed by atoms with van der Waals surface area (Å²) in [6.07, 6.45) is 0.786. The Morgan fingerprint density at radius 3 is 2.43 bits per heavy atom. The third kappa shape index (κ3) is 3.49. The highest BCUT2D eigenvalue weighted by molar-refractivity contribution is 5.88. The lowest BCUT2D eigenvalue weighted by Gasteiger charge is -2.37. The van der Waals surface area contributed by atoms with Crippen molar-refractivity contribution in [2.24, 2.45) is 0 Å². The Balaban J connectivity index is 2.44. The third-order valence-electron chi connectivity index (χ3n) is 3.86. The minimum absolute atomic E-state index is 0.273. The van der Waals surface area contributed by atoms with Crippen LogP contribution in [0.4, 0.5) is 4.79 Å². The first-order valence-corrected chi connectivity index (χ1v) is 8.04. The van der Waals surface area contributed by atoms with E-state index in [1.54, 1.807) is 6.92 Å². The number of esters is 1. The van der Waals surface area contributed by atoms with E-state index < -0.39 is 23.2 Å². The molecule has 1 aromatic carbocycles. The summed E-state index contributed by atoms with van der Waals surface area (Å²) < 4.78 is 10.8. The Kier molecular flexibility index (Phi) is 4.97. The fourth-order valence-corrected chi connectivity index (χ4v) is 2.98. The number of rotatable bonds is 3. The number of likely N-dealkylation sites (tertiary alicyclic amines) is 1. The van der Waals surface area contributed by atoms with Gasteiger partial charge in [-0.3, -0.25) is 4.90 Å². The maximum atomic E-state index is 12.8. The number of carbonyl (C=O) groups is 2. The number of ether oxygens (including phenoxy) is 2. The number of nitrogens with zero attached hydrogens (tertiary/aromatic N) is 1. The second-order valence-corrected chi connectivity index (χ2v) is 6.68. The lowest BCUT2D eigenvalue weighted by atomic mass is 9.87. The number of benzene rings is 1. The average molecular weight is 319 g/mol. The van der Waals surface area contributed by atoms with Crippen molar-refractivity contribution in [1.82, 2.24) is 4.90 Å². The summed E-state index contributed by atoms with van der Waals surface area (Å²) in [5.74, 6) is -0.394. The predicted octanol–water partition coefficient (Wildman–Crippen LogP) is 3.48. The second-order valence-electron chi connectivity index (χ2n) is 6.68. The van der Waals surface area contributed by atoms with E-state index in [4.69, 9.17) is 9.47 Å². The van der Waals surface area contributed by atoms with Gasteiger partial charge >= 0.3 is 12.1 Å². The quantitative estimate of drug-likeness (QED) is 0.800. The van der Waals surface area contributed by atoms with E-state index in [1.807, 2.05) is 51.1 Å². The Morgan fingerprint density at radius 1 is 1.22 bits per heavy atom. The van der Waals surface area contributed by atoms with Gasteiger partial charge < -0.3 is 9.47 Å². The van der Waals surface area contributed by atoms with E-state index in [2.05, 4.69) is 0 Å². The molecule has 0 aromatic heterocycles. The zero-order chi connectivity index (χ0) is 17.1. The first kappa shape index (κ1) is 17.3. The summed E-state index contributed by atoms with van der Waals surface area (Å²) >= 11 is 0. The van der Waals surface area contributed by atoms with Crippen molar-refractivity contribution >= 4 is 12.1 Å². The fraction of sp³-hybridized carbons (Fsp3) is 0.556. The molecule has 1 heterocycles. The molecule has 1 unspecified atom stereocenters. The van der Waals surface area contributed by atoms with Crippen molar-refractivity contribution in [3.63, 3.8) is 0 Å². The van der Waals surface area contributed by atoms with Crippen LogP contribution in [0, 0.1) is 0 Å². The van der Waals surface area contributed by atoms with Gasteiger partial charge in [-0.25, -0.2) is 9.59 Å². The first-order chi connectivity index (χ1) is 10.8. The molecule has 1 saturated heterocycles. The molecule has 1 fully saturated rings. The van der Waals surface area contributed by atoms with Crippen LogP contribution >= 0.6 is 0 Å². The molecule has 23 heavy (non-hydrogen) atoms. The highest BCUT2D eigenvalue weighted by Crippen LogP contribution is 2.41. The van der Waals surface area contributed by atoms with Crippen LogP contribution in [0.25, 0.3) is 0 Å². The molecule has 0 aliphatic carbocycles. The smallest absolute Gasteiger partial charge is 0.411 e. The van der Waals surface area contributed by atoms with Gasteiger partial charge in [0.2, 0.25) is 0 Å². The molecule has 5 nitrogen and oxygen atoms in total. The van der Waals surface area contributed by atoms with Gasteiger partial charge in [-0.05, 0) is 46.1 Å². The van der Waals surface area contributed by atoms with Crippen molar-refractivity contribution in [3.8, 4) is 0 Å². The summed E-state index contributed by atoms with van der Waals surface area (Å²) in [4.78, 5) is 27.0. The average Bonchev–Trinajstić information content (AvgIpc) is 2.92. The normalized spacial score (nSPS) is 21.1. The van der Waals surface area contributed by atoms with E-state index in [-0.39, 0.29) is 6.61 Å². The van der Waals surface area contributed by atoms with Crippen LogP contribution in [-0.4, -0.2) is 35.7 Å². The summed E-state index contributed by atoms with van der Waals surface area (Å²) in [7, 11) is 0. The van der Waals surface area contributed by atoms with Gasteiger partial charge in [0.25, 0.3) is 0 Å². The Bertz CT molecular complexity index is 564. The summed E-state index contributed by atoms with van der Waals surface area (Å²) in [5.41, 5.74) is -0.946. The van der Waals surface area contributed by atoms with Gasteiger partial charge in [-0.15, -0.1) is 0 Å². The van der Waals surface area contributed by atoms with Crippen LogP contribution in [0.2, 0.25) is 0 Å². The third-order valence-corrected chi connectivity index (χ3v) is 3.86. The van der Waals surface area contributed by atoms with Gasteiger partial charge in [0.1, 0.15) is 5.60 Å². The standard InChI is InChI=1S/C18H25NO4/c1-5-22-15(20)18(14-10-7-6-8-11-14)12-9-13-19(18)16(21)23-17(2,3)4/h6-8,10-11H,5,9,12-13H2,1-4H3. The molecule has 1 aliphatic heterocycles. The first-order valence-electron chi connectivity index (χ1n) is 8.04. The van der Waals surface area contributed by atoms with Gasteiger partial charge in [0.15, 0.2) is 5.54 Å². The van der Waals surface area contributed by atoms with E-state index in [0.717, 1.165) is 12.0 Å². The molecule has 0 spiro atoms. The van der Waals surface area contributed by atoms with Crippen LogP contribution in [0.5, 0.6) is 0 Å². The molecule has 0 bridgehead atoms. The minimum Gasteiger partial charge on any atom is -0.464 e. The number of hydrogen-bond acceptors (Lipinski definition) is 4. The molecule has 1 aromatic rings. The number of amides is 1. The molecule has 5 heteroatoms. The monoisotopic (exact) mass is 319 g/mol. The molecule has 1 aliphatic rings. The summed E-state index contributed by atoms with van der Waals surface area (Å²) in [6.45, 7) is 7.96. The maximum absolute atomic E-state index is 12.8. The van der Waals surface area contributed by atoms with Crippen LogP contribution < -0.4 is 0 Å². The molecule has 0 saturated carbocycles. The van der Waals surface area contributed by atoms with Crippen LogP contribution in [0.3, 0.4) is 0 Å². The van der Waals surface area contributed by atoms with Gasteiger partial charge in [0.05, 0.1) is 6.61 Å². The SMILES string of the molecule is CCOC(=O)C1(c2ccccc2)CCCN1C(=O)OC(C)(C)C. The van der Waals surface area contributed by atoms with E-state index in [0.29, 0.717) is 13.0 Å². The Labute approximate surface area is 137 Å². The molecule has 1 amide bonds. The van der Waals surface area contributed by atoms with E-state index >= 15 is 0 Å². The molecule has 126 valence electrons. The van der Waals surface area contributed by atoms with E-state index in [1.165, 1.54) is 4.90 Å². The topological polar surface area (TPSA) is 55.8 Å². The molecule has 2 rings (SSSR count). The zero-order valence-corrected chi connectivity index (χ0v) is 14.3. The Hall–Kier alpha value is -2.04. The highest BCUT2D eigenvalue weighted by Gasteiger charge is 2.53. The van der Waals surface area contributed by atoms with Crippen molar-refractivity contribution in [2.45, 2.75) is 51.7 Å². The minimum atomic E-state index is -1.10. The maximum Gasteiger partial charge on any atom is 0.411 e. The highest BCUT2D eigenvalue weighted by atomic mass is 16.6. The number of hydrogen-bond donors (Lipinski definition) is 0. The molecule has 0 radical (unpaired) electrons. The van der Waals surface area contributed by atoms with Crippen LogP contribution in [0.1, 0.15) is 46.1 Å². The van der Waals surface area contributed by atoms with Gasteiger partial charge in [0, 0.05) is 6.54 Å². The summed E-state index contributed by atoms with van der Waals surface area (Å²) in [5, 5.41) is 0. The van der Waals surface area contributed by atoms with Gasteiger partial charge in [-0.2, -0.15) is 0 Å². The van der Waals surface area contributed by atoms with Crippen molar-refractivity contribution in [1.29, 1.82) is 0 Å². The van der Waals surface area contributed by atoms with Crippen molar-refractivity contribution < 1.29 is 19.1 Å². The summed E-state index contributed by atoms with van der Waals surface area (Å²) in [6, 6.07) is 9.33. The van der Waals surface area contributed by atoms with Crippen molar-refractivity contribution in [2.75, 3.05) is 13.2 Å². The lowest BCUT2D eigenvalue weighted by Crippen LogP contribution is -2.52. The molecular formula is C18H25NO4. The molecular weight excluding hydrogens is 294 g/mol. The molecule has 1 atom stereocenters. The second kappa shape index (κ2) is 6.60. The largest absolute Gasteiger partial charge is 0.464 e. The Morgan fingerprint density at radius 2 is 1.87 bits per heavy atom. The number of carbonyl (C=O) groups excluding carboxylic acids is 2. The fourth-order valence-electron chi connectivity index (χ4n) is 2.98. The van der Waals surface area contributed by atoms with E-state index in [9.17, 15) is 9.59 Å². The van der Waals surface area contributed by atoms with Crippen LogP contribution in [0.15, 0.2) is 30.3 Å². The van der Waals surface area contributed by atoms with Crippen molar-refractivity contribution in [3.05, 3.63) is 35.9 Å². The lowest BCUT2D eigenvalue weighted by molar-refractivity contribution is -0.156. The van der Waals surface area contributed by atoms with Crippen LogP contribution in [-0.2, 0) is 19.8 Å². The predicted molar refractivity (Wildman–Crippen MR) is 86.9 cm³/mol. The van der Waals surface area contributed by atoms with Gasteiger partial charge in [-0.1, -0.05) is 30.3 Å². The zero-order valence-electron chi connectivity index (χ0n) is 14.3.